The molecule has 0 radical (unpaired) electrons. The van der Waals surface area contributed by atoms with Gasteiger partial charge in [0.05, 0.1) is 12.0 Å². The molecule has 3 rings (SSSR count). The van der Waals surface area contributed by atoms with Gasteiger partial charge in [-0.05, 0) is 41.1 Å². The maximum absolute atomic E-state index is 12.3. The van der Waals surface area contributed by atoms with Crippen LogP contribution in [0.3, 0.4) is 0 Å². The van der Waals surface area contributed by atoms with Crippen molar-refractivity contribution in [2.45, 2.75) is 6.61 Å². The number of rotatable bonds is 5. The quantitative estimate of drug-likeness (QED) is 0.753. The topological polar surface area (TPSA) is 51.1 Å². The largest absolute Gasteiger partial charge is 0.493 e. The summed E-state index contributed by atoms with van der Waals surface area (Å²) in [6, 6.07) is 15.6. The molecule has 1 amide bonds. The molecule has 0 N–H and O–H groups in total. The van der Waals surface area contributed by atoms with Crippen molar-refractivity contribution in [1.82, 2.24) is 4.90 Å². The maximum Gasteiger partial charge on any atom is 0.266 e. The van der Waals surface area contributed by atoms with Gasteiger partial charge in [-0.15, -0.1) is 0 Å². The van der Waals surface area contributed by atoms with Crippen LogP contribution in [0.5, 0.6) is 11.5 Å². The molecule has 2 aromatic carbocycles. The Morgan fingerprint density at radius 3 is 2.58 bits per heavy atom. The second-order valence-electron chi connectivity index (χ2n) is 5.67. The lowest BCUT2D eigenvalue weighted by Crippen LogP contribution is -2.23. The zero-order valence-corrected chi connectivity index (χ0v) is 15.7. The van der Waals surface area contributed by atoms with Gasteiger partial charge in [-0.25, -0.2) is 0 Å². The first-order valence-electron chi connectivity index (χ1n) is 8.11. The number of methoxy groups -OCH3 is 1. The highest BCUT2D eigenvalue weighted by Crippen LogP contribution is 2.34. The van der Waals surface area contributed by atoms with E-state index in [1.54, 1.807) is 26.1 Å². The van der Waals surface area contributed by atoms with E-state index in [0.29, 0.717) is 28.2 Å². The normalized spacial score (nSPS) is 17.2. The van der Waals surface area contributed by atoms with Crippen molar-refractivity contribution in [1.29, 1.82) is 0 Å². The van der Waals surface area contributed by atoms with Gasteiger partial charge in [-0.1, -0.05) is 36.4 Å². The first-order valence-corrected chi connectivity index (χ1v) is 8.93. The second-order valence-corrected chi connectivity index (χ2v) is 6.67. The molecule has 0 spiro atoms. The van der Waals surface area contributed by atoms with Crippen LogP contribution in [0.2, 0.25) is 0 Å². The molecule has 1 saturated heterocycles. The second kappa shape index (κ2) is 8.10. The van der Waals surface area contributed by atoms with Crippen LogP contribution in [0.25, 0.3) is 6.08 Å². The van der Waals surface area contributed by atoms with Crippen molar-refractivity contribution in [2.75, 3.05) is 21.2 Å². The average molecular weight is 368 g/mol. The van der Waals surface area contributed by atoms with Crippen LogP contribution >= 0.6 is 11.8 Å². The van der Waals surface area contributed by atoms with Gasteiger partial charge in [0.15, 0.2) is 16.7 Å². The summed E-state index contributed by atoms with van der Waals surface area (Å²) in [5, 5.41) is 0.691. The fourth-order valence-electron chi connectivity index (χ4n) is 2.53. The first kappa shape index (κ1) is 18.1. The lowest BCUT2D eigenvalue weighted by atomic mass is 10.2. The lowest BCUT2D eigenvalue weighted by molar-refractivity contribution is -0.121. The molecule has 134 valence electrons. The van der Waals surface area contributed by atoms with Gasteiger partial charge >= 0.3 is 0 Å². The monoisotopic (exact) mass is 368 g/mol. The molecule has 0 aliphatic carbocycles. The number of aliphatic imine (C=N–C) groups is 1. The standard InChI is InChI=1S/C20H20N2O3S/c1-21-20-22(2)19(23)18(26-20)12-15-9-10-16(17(11-15)24-3)25-13-14-7-5-4-6-8-14/h4-12H,13H2,1-3H3/b18-12+,21-20?. The fraction of sp³-hybridized carbons (Fsp3) is 0.200. The first-order chi connectivity index (χ1) is 12.6. The van der Waals surface area contributed by atoms with Gasteiger partial charge in [0.1, 0.15) is 6.61 Å². The van der Waals surface area contributed by atoms with E-state index < -0.39 is 0 Å². The van der Waals surface area contributed by atoms with Crippen LogP contribution in [-0.4, -0.2) is 37.2 Å². The van der Waals surface area contributed by atoms with Crippen molar-refractivity contribution in [3.63, 3.8) is 0 Å². The van der Waals surface area contributed by atoms with Gasteiger partial charge in [0.25, 0.3) is 5.91 Å². The molecule has 5 nitrogen and oxygen atoms in total. The summed E-state index contributed by atoms with van der Waals surface area (Å²) < 4.78 is 11.3. The van der Waals surface area contributed by atoms with Gasteiger partial charge < -0.3 is 9.47 Å². The Balaban J connectivity index is 1.79. The zero-order valence-electron chi connectivity index (χ0n) is 14.9. The summed E-state index contributed by atoms with van der Waals surface area (Å²) in [7, 11) is 5.00. The summed E-state index contributed by atoms with van der Waals surface area (Å²) in [5.41, 5.74) is 1.96. The SMILES string of the molecule is CN=C1S/C(=C/c2ccc(OCc3ccccc3)c(OC)c2)C(=O)N1C. The average Bonchev–Trinajstić information content (AvgIpc) is 2.95. The highest BCUT2D eigenvalue weighted by Gasteiger charge is 2.29. The number of amides is 1. The molecule has 1 aliphatic heterocycles. The summed E-state index contributed by atoms with van der Waals surface area (Å²) in [6.45, 7) is 0.465. The Morgan fingerprint density at radius 2 is 1.92 bits per heavy atom. The highest BCUT2D eigenvalue weighted by atomic mass is 32.2. The Morgan fingerprint density at radius 1 is 1.15 bits per heavy atom. The van der Waals surface area contributed by atoms with Crippen molar-refractivity contribution in [3.05, 3.63) is 64.6 Å². The van der Waals surface area contributed by atoms with Crippen molar-refractivity contribution in [3.8, 4) is 11.5 Å². The summed E-state index contributed by atoms with van der Waals surface area (Å²) >= 11 is 1.36. The van der Waals surface area contributed by atoms with E-state index in [1.165, 1.54) is 11.8 Å². The molecule has 6 heteroatoms. The minimum atomic E-state index is -0.0565. The molecule has 0 atom stereocenters. The minimum absolute atomic E-state index is 0.0565. The van der Waals surface area contributed by atoms with Crippen LogP contribution < -0.4 is 9.47 Å². The summed E-state index contributed by atoms with van der Waals surface area (Å²) in [6.07, 6.45) is 1.84. The van der Waals surface area contributed by atoms with E-state index in [1.807, 2.05) is 54.6 Å². The number of carbonyl (C=O) groups is 1. The predicted octanol–water partition coefficient (Wildman–Crippen LogP) is 3.81. The number of hydrogen-bond donors (Lipinski definition) is 0. The molecule has 0 aromatic heterocycles. The smallest absolute Gasteiger partial charge is 0.266 e. The van der Waals surface area contributed by atoms with Gasteiger partial charge in [-0.2, -0.15) is 0 Å². The van der Waals surface area contributed by atoms with Crippen LogP contribution in [0.1, 0.15) is 11.1 Å². The molecule has 1 aliphatic rings. The molecular weight excluding hydrogens is 348 g/mol. The number of benzene rings is 2. The highest BCUT2D eigenvalue weighted by molar-refractivity contribution is 8.18. The number of hydrogen-bond acceptors (Lipinski definition) is 5. The number of thioether (sulfide) groups is 1. The Bertz CT molecular complexity index is 863. The van der Waals surface area contributed by atoms with E-state index in [-0.39, 0.29) is 5.91 Å². The Hall–Kier alpha value is -2.73. The van der Waals surface area contributed by atoms with Crippen LogP contribution in [-0.2, 0) is 11.4 Å². The lowest BCUT2D eigenvalue weighted by Gasteiger charge is -2.11. The maximum atomic E-state index is 12.3. The van der Waals surface area contributed by atoms with E-state index in [9.17, 15) is 4.79 Å². The van der Waals surface area contributed by atoms with E-state index >= 15 is 0 Å². The molecular formula is C20H20N2O3S. The van der Waals surface area contributed by atoms with Crippen LogP contribution in [0.15, 0.2) is 58.4 Å². The minimum Gasteiger partial charge on any atom is -0.493 e. The third-order valence-corrected chi connectivity index (χ3v) is 5.07. The number of carbonyl (C=O) groups excluding carboxylic acids is 1. The van der Waals surface area contributed by atoms with Gasteiger partial charge in [-0.3, -0.25) is 14.7 Å². The number of ether oxygens (including phenoxy) is 2. The number of nitrogens with zero attached hydrogens (tertiary/aromatic N) is 2. The van der Waals surface area contributed by atoms with Crippen molar-refractivity contribution < 1.29 is 14.3 Å². The Kier molecular flexibility index (Phi) is 5.63. The third kappa shape index (κ3) is 3.91. The molecule has 0 saturated carbocycles. The predicted molar refractivity (Wildman–Crippen MR) is 105 cm³/mol. The van der Waals surface area contributed by atoms with E-state index in [4.69, 9.17) is 9.47 Å². The van der Waals surface area contributed by atoms with Gasteiger partial charge in [0.2, 0.25) is 0 Å². The van der Waals surface area contributed by atoms with Crippen molar-refractivity contribution >= 4 is 28.9 Å². The molecule has 1 heterocycles. The van der Waals surface area contributed by atoms with Crippen molar-refractivity contribution in [2.24, 2.45) is 4.99 Å². The van der Waals surface area contributed by atoms with Crippen LogP contribution in [0, 0.1) is 0 Å². The zero-order chi connectivity index (χ0) is 18.5. The summed E-state index contributed by atoms with van der Waals surface area (Å²) in [4.78, 5) is 18.5. The number of amidine groups is 1. The van der Waals surface area contributed by atoms with Gasteiger partial charge in [0, 0.05) is 14.1 Å². The Labute approximate surface area is 157 Å². The molecule has 0 bridgehead atoms. The molecule has 0 unspecified atom stereocenters. The fourth-order valence-corrected chi connectivity index (χ4v) is 3.46. The van der Waals surface area contributed by atoms with Crippen LogP contribution in [0.4, 0.5) is 0 Å². The summed E-state index contributed by atoms with van der Waals surface area (Å²) in [5.74, 6) is 1.24. The number of likely N-dealkylation sites (N-methyl/N-ethyl adjacent to an activating group) is 1. The van der Waals surface area contributed by atoms with E-state index in [2.05, 4.69) is 4.99 Å². The molecule has 2 aromatic rings. The molecule has 26 heavy (non-hydrogen) atoms. The third-order valence-electron chi connectivity index (χ3n) is 3.92. The van der Waals surface area contributed by atoms with E-state index in [0.717, 1.165) is 11.1 Å². The molecule has 1 fully saturated rings.